The second kappa shape index (κ2) is 9.02. The lowest BCUT2D eigenvalue weighted by Gasteiger charge is -2.19. The highest BCUT2D eigenvalue weighted by molar-refractivity contribution is 6.07. The molecule has 0 aliphatic heterocycles. The Morgan fingerprint density at radius 3 is 2.07 bits per heavy atom. The van der Waals surface area contributed by atoms with Crippen molar-refractivity contribution >= 4 is 29.8 Å². The number of hydrogen-bond donors (Lipinski definition) is 5. The van der Waals surface area contributed by atoms with Crippen LogP contribution in [0.1, 0.15) is 55.7 Å². The van der Waals surface area contributed by atoms with Crippen LogP contribution in [0.4, 0.5) is 4.79 Å². The van der Waals surface area contributed by atoms with Gasteiger partial charge in [-0.2, -0.15) is 0 Å². The van der Waals surface area contributed by atoms with E-state index in [1.165, 1.54) is 12.1 Å². The molecule has 4 amide bonds. The van der Waals surface area contributed by atoms with E-state index in [0.717, 1.165) is 0 Å². The molecule has 0 radical (unpaired) electrons. The number of primary amides is 1. The Bertz CT molecular complexity index is 777. The highest BCUT2D eigenvalue weighted by Crippen LogP contribution is 2.10. The van der Waals surface area contributed by atoms with Crippen molar-refractivity contribution in [3.8, 4) is 0 Å². The van der Waals surface area contributed by atoms with Crippen LogP contribution < -0.4 is 21.7 Å². The van der Waals surface area contributed by atoms with Gasteiger partial charge in [0.05, 0.1) is 0 Å². The first-order valence-electron chi connectivity index (χ1n) is 8.40. The van der Waals surface area contributed by atoms with Gasteiger partial charge in [-0.1, -0.05) is 13.8 Å². The smallest absolute Gasteiger partial charge is 0.414 e. The van der Waals surface area contributed by atoms with Crippen molar-refractivity contribution in [1.82, 2.24) is 16.0 Å². The molecule has 0 bridgehead atoms. The average Bonchev–Trinajstić information content (AvgIpc) is 2.99. The summed E-state index contributed by atoms with van der Waals surface area (Å²) in [5.74, 6) is -3.65. The van der Waals surface area contributed by atoms with E-state index in [1.807, 2.05) is 5.32 Å². The van der Waals surface area contributed by atoms with Gasteiger partial charge >= 0.3 is 6.09 Å². The summed E-state index contributed by atoms with van der Waals surface area (Å²) in [6.07, 6.45) is -0.913. The molecule has 0 aliphatic carbocycles. The minimum atomic E-state index is -0.913. The first-order chi connectivity index (χ1) is 12.8. The summed E-state index contributed by atoms with van der Waals surface area (Å²) in [6, 6.07) is 1.54. The molecule has 1 atom stereocenters. The molecule has 0 saturated heterocycles. The van der Waals surface area contributed by atoms with Crippen LogP contribution in [-0.2, 0) is 9.53 Å². The van der Waals surface area contributed by atoms with Crippen LogP contribution in [0.2, 0.25) is 0 Å². The summed E-state index contributed by atoms with van der Waals surface area (Å²) >= 11 is 0. The molecule has 1 aromatic heterocycles. The van der Waals surface area contributed by atoms with Crippen LogP contribution in [0.15, 0.2) is 16.5 Å². The van der Waals surface area contributed by atoms with E-state index in [4.69, 9.17) is 20.3 Å². The van der Waals surface area contributed by atoms with Crippen LogP contribution in [0.25, 0.3) is 0 Å². The molecule has 0 aliphatic rings. The summed E-state index contributed by atoms with van der Waals surface area (Å²) in [4.78, 5) is 47.1. The first-order valence-corrected chi connectivity index (χ1v) is 8.40. The molecule has 28 heavy (non-hydrogen) atoms. The second-order valence-corrected chi connectivity index (χ2v) is 7.22. The van der Waals surface area contributed by atoms with Gasteiger partial charge in [-0.15, -0.1) is 0 Å². The number of amides is 4. The molecule has 1 rings (SSSR count). The largest absolute Gasteiger partial charge is 0.446 e. The van der Waals surface area contributed by atoms with E-state index in [1.54, 1.807) is 34.6 Å². The highest BCUT2D eigenvalue weighted by atomic mass is 16.6. The normalized spacial score (nSPS) is 12.1. The minimum absolute atomic E-state index is 0.219. The van der Waals surface area contributed by atoms with Crippen molar-refractivity contribution < 1.29 is 28.3 Å². The molecule has 0 spiro atoms. The number of hydrogen-bond acceptors (Lipinski definition) is 7. The van der Waals surface area contributed by atoms with Crippen molar-refractivity contribution in [3.63, 3.8) is 0 Å². The standard InChI is InChI=1S/C17H25N5O6/c1-8(2)11(12(18)23)20-13(24)9-6-7-10(27-9)14(25)21-15(19)22-16(26)28-17(3,4)5/h6-8,11H,1-5H3,(H2,18,23)(H,20,24)(H3,19,21,22,25,26)/t11-/m0/s1. The number of carbonyl (C=O) groups excluding carboxylic acids is 4. The number of guanidine groups is 1. The number of alkyl carbamates (subject to hydrolysis) is 1. The van der Waals surface area contributed by atoms with E-state index in [9.17, 15) is 19.2 Å². The van der Waals surface area contributed by atoms with Gasteiger partial charge in [0.25, 0.3) is 11.8 Å². The molecule has 1 aromatic rings. The Hall–Kier alpha value is -3.37. The Labute approximate surface area is 161 Å². The van der Waals surface area contributed by atoms with Gasteiger partial charge in [0.1, 0.15) is 11.6 Å². The van der Waals surface area contributed by atoms with Gasteiger partial charge in [-0.25, -0.2) is 4.79 Å². The number of rotatable bonds is 5. The fourth-order valence-electron chi connectivity index (χ4n) is 1.97. The SMILES string of the molecule is CC(C)[C@H](NC(=O)c1ccc(C(=O)NC(=N)NC(=O)OC(C)(C)C)o1)C(N)=O. The van der Waals surface area contributed by atoms with Crippen molar-refractivity contribution in [2.75, 3.05) is 0 Å². The van der Waals surface area contributed by atoms with Gasteiger partial charge < -0.3 is 20.2 Å². The third-order valence-electron chi connectivity index (χ3n) is 3.18. The molecule has 1 heterocycles. The topological polar surface area (TPSA) is 177 Å². The third-order valence-corrected chi connectivity index (χ3v) is 3.18. The lowest BCUT2D eigenvalue weighted by Crippen LogP contribution is -2.47. The molecule has 0 unspecified atom stereocenters. The van der Waals surface area contributed by atoms with Crippen molar-refractivity contribution in [1.29, 1.82) is 5.41 Å². The first kappa shape index (κ1) is 22.7. The molecule has 0 aromatic carbocycles. The van der Waals surface area contributed by atoms with Crippen LogP contribution in [0.5, 0.6) is 0 Å². The number of carbonyl (C=O) groups is 4. The van der Waals surface area contributed by atoms with Crippen molar-refractivity contribution in [2.24, 2.45) is 11.7 Å². The van der Waals surface area contributed by atoms with E-state index >= 15 is 0 Å². The summed E-state index contributed by atoms with van der Waals surface area (Å²) in [5.41, 5.74) is 4.47. The number of nitrogens with one attached hydrogen (secondary N) is 4. The maximum Gasteiger partial charge on any atom is 0.414 e. The summed E-state index contributed by atoms with van der Waals surface area (Å²) in [5, 5.41) is 14.1. The number of nitrogens with two attached hydrogens (primary N) is 1. The quantitative estimate of drug-likeness (QED) is 0.362. The average molecular weight is 395 g/mol. The Balaban J connectivity index is 2.69. The van der Waals surface area contributed by atoms with Gasteiger partial charge in [0.15, 0.2) is 11.5 Å². The van der Waals surface area contributed by atoms with Crippen LogP contribution >= 0.6 is 0 Å². The second-order valence-electron chi connectivity index (χ2n) is 7.22. The van der Waals surface area contributed by atoms with E-state index in [2.05, 4.69) is 10.6 Å². The van der Waals surface area contributed by atoms with Crippen molar-refractivity contribution in [2.45, 2.75) is 46.3 Å². The fraction of sp³-hybridized carbons (Fsp3) is 0.471. The molecular weight excluding hydrogens is 370 g/mol. The van der Waals surface area contributed by atoms with Crippen LogP contribution in [0, 0.1) is 11.3 Å². The molecule has 154 valence electrons. The Morgan fingerprint density at radius 1 is 1.07 bits per heavy atom. The monoisotopic (exact) mass is 395 g/mol. The van der Waals surface area contributed by atoms with Crippen LogP contribution in [0.3, 0.4) is 0 Å². The van der Waals surface area contributed by atoms with Crippen molar-refractivity contribution in [3.05, 3.63) is 23.7 Å². The lowest BCUT2D eigenvalue weighted by atomic mass is 10.0. The summed E-state index contributed by atoms with van der Waals surface area (Å²) < 4.78 is 10.1. The highest BCUT2D eigenvalue weighted by Gasteiger charge is 2.25. The fourth-order valence-corrected chi connectivity index (χ4v) is 1.97. The molecule has 11 nitrogen and oxygen atoms in total. The maximum absolute atomic E-state index is 12.1. The molecule has 11 heteroatoms. The zero-order valence-corrected chi connectivity index (χ0v) is 16.3. The van der Waals surface area contributed by atoms with E-state index in [0.29, 0.717) is 0 Å². The zero-order chi connectivity index (χ0) is 21.6. The molecule has 0 fully saturated rings. The van der Waals surface area contributed by atoms with E-state index in [-0.39, 0.29) is 17.4 Å². The third kappa shape index (κ3) is 7.09. The Kier molecular flexibility index (Phi) is 7.30. The van der Waals surface area contributed by atoms with Crippen LogP contribution in [-0.4, -0.2) is 41.4 Å². The predicted octanol–water partition coefficient (Wildman–Crippen LogP) is 0.709. The number of furan rings is 1. The molecule has 6 N–H and O–H groups in total. The lowest BCUT2D eigenvalue weighted by molar-refractivity contribution is -0.120. The maximum atomic E-state index is 12.1. The summed E-state index contributed by atoms with van der Waals surface area (Å²) in [7, 11) is 0. The van der Waals surface area contributed by atoms with Gasteiger partial charge in [-0.3, -0.25) is 30.4 Å². The minimum Gasteiger partial charge on any atom is -0.446 e. The Morgan fingerprint density at radius 2 is 1.61 bits per heavy atom. The van der Waals surface area contributed by atoms with E-state index < -0.39 is 41.4 Å². The number of ether oxygens (including phenoxy) is 1. The molecular formula is C17H25N5O6. The predicted molar refractivity (Wildman–Crippen MR) is 98.6 cm³/mol. The summed E-state index contributed by atoms with van der Waals surface area (Å²) in [6.45, 7) is 8.35. The van der Waals surface area contributed by atoms with Gasteiger partial charge in [-0.05, 0) is 38.8 Å². The van der Waals surface area contributed by atoms with Gasteiger partial charge in [0, 0.05) is 0 Å². The molecule has 0 saturated carbocycles. The van der Waals surface area contributed by atoms with Gasteiger partial charge in [0.2, 0.25) is 11.9 Å². The zero-order valence-electron chi connectivity index (χ0n) is 16.3.